The third-order valence-electron chi connectivity index (χ3n) is 8.78. The topological polar surface area (TPSA) is 67.4 Å². The van der Waals surface area contributed by atoms with Crippen LogP contribution >= 0.6 is 0 Å². The Kier molecular flexibility index (Phi) is 6.65. The quantitative estimate of drug-likeness (QED) is 0.492. The molecule has 2 aliphatic heterocycles. The van der Waals surface area contributed by atoms with E-state index in [1.54, 1.807) is 7.11 Å². The van der Waals surface area contributed by atoms with Gasteiger partial charge in [0.05, 0.1) is 24.9 Å². The van der Waals surface area contributed by atoms with Crippen LogP contribution < -0.4 is 25.4 Å². The van der Waals surface area contributed by atoms with Crippen molar-refractivity contribution >= 4 is 22.2 Å². The van der Waals surface area contributed by atoms with Gasteiger partial charge in [-0.25, -0.2) is 4.98 Å². The van der Waals surface area contributed by atoms with E-state index >= 15 is 0 Å². The SMILES string of the molecule is COc1cc2c(NC3CC4(CCNCC4)C3)cc(C3=CC=C(C)C3)nc2cc1OCC1CCNCC1. The molecule has 0 atom stereocenters. The van der Waals surface area contributed by atoms with Crippen LogP contribution in [0.5, 0.6) is 11.5 Å². The van der Waals surface area contributed by atoms with Crippen LogP contribution in [0.25, 0.3) is 16.5 Å². The highest BCUT2D eigenvalue weighted by Gasteiger charge is 2.44. The smallest absolute Gasteiger partial charge is 0.163 e. The predicted molar refractivity (Wildman–Crippen MR) is 147 cm³/mol. The molecule has 192 valence electrons. The Morgan fingerprint density at radius 1 is 1.00 bits per heavy atom. The van der Waals surface area contributed by atoms with Gasteiger partial charge in [-0.05, 0) is 107 Å². The fourth-order valence-corrected chi connectivity index (χ4v) is 6.56. The summed E-state index contributed by atoms with van der Waals surface area (Å²) in [6.45, 7) is 7.38. The molecule has 3 N–H and O–H groups in total. The van der Waals surface area contributed by atoms with Crippen LogP contribution in [0.1, 0.15) is 57.6 Å². The lowest BCUT2D eigenvalue weighted by molar-refractivity contribution is 0.0719. The summed E-state index contributed by atoms with van der Waals surface area (Å²) in [6, 6.07) is 6.98. The minimum atomic E-state index is 0.515. The number of allylic oxidation sites excluding steroid dienone is 4. The summed E-state index contributed by atoms with van der Waals surface area (Å²) in [5, 5.41) is 12.0. The van der Waals surface area contributed by atoms with Gasteiger partial charge in [-0.2, -0.15) is 0 Å². The highest BCUT2D eigenvalue weighted by molar-refractivity contribution is 5.95. The highest BCUT2D eigenvalue weighted by Crippen LogP contribution is 2.49. The molecule has 1 spiro atoms. The lowest BCUT2D eigenvalue weighted by Gasteiger charge is -2.51. The number of ether oxygens (including phenoxy) is 2. The molecule has 4 aliphatic rings. The van der Waals surface area contributed by atoms with E-state index in [2.05, 4.69) is 53.2 Å². The van der Waals surface area contributed by atoms with Crippen molar-refractivity contribution in [3.63, 3.8) is 0 Å². The predicted octanol–water partition coefficient (Wildman–Crippen LogP) is 5.30. The Hall–Kier alpha value is -2.57. The van der Waals surface area contributed by atoms with Crippen LogP contribution in [-0.4, -0.2) is 50.9 Å². The van der Waals surface area contributed by atoms with Crippen LogP contribution in [0.3, 0.4) is 0 Å². The van der Waals surface area contributed by atoms with Gasteiger partial charge in [0.15, 0.2) is 11.5 Å². The van der Waals surface area contributed by atoms with Gasteiger partial charge in [-0.1, -0.05) is 17.7 Å². The molecule has 0 bridgehead atoms. The molecular formula is C30H40N4O2. The fourth-order valence-electron chi connectivity index (χ4n) is 6.56. The van der Waals surface area contributed by atoms with Gasteiger partial charge in [0.2, 0.25) is 0 Å². The van der Waals surface area contributed by atoms with E-state index in [1.807, 2.05) is 0 Å². The molecule has 3 fully saturated rings. The van der Waals surface area contributed by atoms with Crippen LogP contribution in [0.4, 0.5) is 5.69 Å². The van der Waals surface area contributed by atoms with Crippen molar-refractivity contribution in [1.82, 2.24) is 15.6 Å². The molecule has 1 saturated carbocycles. The molecule has 1 aromatic heterocycles. The summed E-state index contributed by atoms with van der Waals surface area (Å²) in [5.41, 5.74) is 6.40. The average molecular weight is 489 g/mol. The van der Waals surface area contributed by atoms with Gasteiger partial charge < -0.3 is 25.4 Å². The second-order valence-electron chi connectivity index (χ2n) is 11.5. The zero-order valence-electron chi connectivity index (χ0n) is 21.8. The lowest BCUT2D eigenvalue weighted by Crippen LogP contribution is -2.50. The second kappa shape index (κ2) is 10.1. The van der Waals surface area contributed by atoms with E-state index < -0.39 is 0 Å². The number of hydrogen-bond acceptors (Lipinski definition) is 6. The van der Waals surface area contributed by atoms with Crippen molar-refractivity contribution < 1.29 is 9.47 Å². The molecule has 2 saturated heterocycles. The van der Waals surface area contributed by atoms with Gasteiger partial charge in [0, 0.05) is 23.2 Å². The van der Waals surface area contributed by atoms with Crippen molar-refractivity contribution in [3.8, 4) is 11.5 Å². The van der Waals surface area contributed by atoms with E-state index in [4.69, 9.17) is 14.5 Å². The first-order valence-electron chi connectivity index (χ1n) is 13.8. The Balaban J connectivity index is 1.29. The van der Waals surface area contributed by atoms with Crippen molar-refractivity contribution in [3.05, 3.63) is 41.6 Å². The average Bonchev–Trinajstić information content (AvgIpc) is 3.33. The van der Waals surface area contributed by atoms with E-state index in [-0.39, 0.29) is 0 Å². The van der Waals surface area contributed by atoms with Gasteiger partial charge in [-0.15, -0.1) is 0 Å². The van der Waals surface area contributed by atoms with Crippen LogP contribution in [0.2, 0.25) is 0 Å². The molecule has 2 aromatic rings. The zero-order chi connectivity index (χ0) is 24.5. The molecule has 1 aromatic carbocycles. The second-order valence-corrected chi connectivity index (χ2v) is 11.5. The summed E-state index contributed by atoms with van der Waals surface area (Å²) in [5.74, 6) is 2.17. The molecule has 2 aliphatic carbocycles. The highest BCUT2D eigenvalue weighted by atomic mass is 16.5. The minimum absolute atomic E-state index is 0.515. The van der Waals surface area contributed by atoms with E-state index in [0.717, 1.165) is 85.8 Å². The van der Waals surface area contributed by atoms with Gasteiger partial charge >= 0.3 is 0 Å². The number of piperidine rings is 2. The summed E-state index contributed by atoms with van der Waals surface area (Å²) >= 11 is 0. The first kappa shape index (κ1) is 23.8. The summed E-state index contributed by atoms with van der Waals surface area (Å²) in [6.07, 6.45) is 12.8. The first-order valence-corrected chi connectivity index (χ1v) is 13.8. The summed E-state index contributed by atoms with van der Waals surface area (Å²) < 4.78 is 12.2. The number of methoxy groups -OCH3 is 1. The number of rotatable bonds is 7. The molecule has 6 rings (SSSR count). The lowest BCUT2D eigenvalue weighted by atomic mass is 9.60. The summed E-state index contributed by atoms with van der Waals surface area (Å²) in [7, 11) is 1.73. The maximum absolute atomic E-state index is 6.34. The minimum Gasteiger partial charge on any atom is -0.493 e. The van der Waals surface area contributed by atoms with Crippen molar-refractivity contribution in [2.75, 3.05) is 45.2 Å². The van der Waals surface area contributed by atoms with Gasteiger partial charge in [0.1, 0.15) is 0 Å². The standard InChI is InChI=1S/C30H40N4O2/c1-20-3-4-22(13-20)25-15-26(33-23-17-30(18-23)7-11-32-12-8-30)24-14-28(35-2)29(16-27(24)34-25)36-19-21-5-9-31-10-6-21/h3-4,14-16,21,23,31-32H,5-13,17-19H2,1-2H3,(H,33,34). The van der Waals surface area contributed by atoms with E-state index in [1.165, 1.54) is 36.8 Å². The fraction of sp³-hybridized carbons (Fsp3) is 0.567. The molecule has 0 amide bonds. The number of aromatic nitrogens is 1. The van der Waals surface area contributed by atoms with Crippen LogP contribution in [0.15, 0.2) is 35.9 Å². The normalized spacial score (nSPS) is 22.3. The van der Waals surface area contributed by atoms with Crippen LogP contribution in [-0.2, 0) is 0 Å². The Morgan fingerprint density at radius 2 is 1.78 bits per heavy atom. The van der Waals surface area contributed by atoms with E-state index in [9.17, 15) is 0 Å². The molecule has 6 heteroatoms. The van der Waals surface area contributed by atoms with Gasteiger partial charge in [0.25, 0.3) is 0 Å². The number of hydrogen-bond donors (Lipinski definition) is 3. The summed E-state index contributed by atoms with van der Waals surface area (Å²) in [4.78, 5) is 5.12. The third-order valence-corrected chi connectivity index (χ3v) is 8.78. The number of pyridine rings is 1. The number of nitrogens with one attached hydrogen (secondary N) is 3. The first-order chi connectivity index (χ1) is 17.6. The van der Waals surface area contributed by atoms with Crippen molar-refractivity contribution in [2.45, 2.75) is 57.9 Å². The number of fused-ring (bicyclic) bond motifs is 1. The third kappa shape index (κ3) is 4.85. The maximum Gasteiger partial charge on any atom is 0.163 e. The number of nitrogens with zero attached hydrogens (tertiary/aromatic N) is 1. The van der Waals surface area contributed by atoms with Crippen molar-refractivity contribution in [2.24, 2.45) is 11.3 Å². The Labute approximate surface area is 214 Å². The Morgan fingerprint density at radius 3 is 2.50 bits per heavy atom. The zero-order valence-corrected chi connectivity index (χ0v) is 21.8. The number of benzene rings is 1. The number of anilines is 1. The molecule has 6 nitrogen and oxygen atoms in total. The molecule has 0 radical (unpaired) electrons. The van der Waals surface area contributed by atoms with Crippen LogP contribution in [0, 0.1) is 11.3 Å². The maximum atomic E-state index is 6.34. The Bertz CT molecular complexity index is 1170. The molecule has 0 unspecified atom stereocenters. The molecule has 36 heavy (non-hydrogen) atoms. The molecule has 3 heterocycles. The van der Waals surface area contributed by atoms with E-state index in [0.29, 0.717) is 17.4 Å². The van der Waals surface area contributed by atoms with Crippen molar-refractivity contribution in [1.29, 1.82) is 0 Å². The van der Waals surface area contributed by atoms with Gasteiger partial charge in [-0.3, -0.25) is 0 Å². The largest absolute Gasteiger partial charge is 0.493 e. The monoisotopic (exact) mass is 488 g/mol. The molecular weight excluding hydrogens is 448 g/mol.